The molecule has 168 valence electrons. The summed E-state index contributed by atoms with van der Waals surface area (Å²) in [4.78, 5) is 2.64. The Morgan fingerprint density at radius 2 is 1.44 bits per heavy atom. The Kier molecular flexibility index (Phi) is 7.62. The topological polar surface area (TPSA) is 38.5 Å². The third-order valence-corrected chi connectivity index (χ3v) is 7.25. The third kappa shape index (κ3) is 5.06. The Balaban J connectivity index is 1.42. The van der Waals surface area contributed by atoms with Gasteiger partial charge in [0.1, 0.15) is 5.75 Å². The zero-order valence-corrected chi connectivity index (χ0v) is 19.2. The van der Waals surface area contributed by atoms with Gasteiger partial charge in [0.15, 0.2) is 0 Å². The lowest BCUT2D eigenvalue weighted by atomic mass is 9.71. The van der Waals surface area contributed by atoms with E-state index in [1.807, 2.05) is 0 Å². The van der Waals surface area contributed by atoms with Gasteiger partial charge in [-0.25, -0.2) is 0 Å². The van der Waals surface area contributed by atoms with E-state index in [2.05, 4.69) is 89.8 Å². The first-order valence-corrected chi connectivity index (χ1v) is 11.9. The van der Waals surface area contributed by atoms with Crippen molar-refractivity contribution in [2.24, 2.45) is 5.73 Å². The Morgan fingerprint density at radius 1 is 0.844 bits per heavy atom. The zero-order chi connectivity index (χ0) is 22.2. The van der Waals surface area contributed by atoms with Crippen LogP contribution in [0.3, 0.4) is 0 Å². The molecule has 1 heterocycles. The second-order valence-corrected chi connectivity index (χ2v) is 9.01. The molecule has 0 bridgehead atoms. The molecule has 32 heavy (non-hydrogen) atoms. The molecule has 1 unspecified atom stereocenters. The molecule has 3 aromatic carbocycles. The highest BCUT2D eigenvalue weighted by molar-refractivity contribution is 5.42. The van der Waals surface area contributed by atoms with Crippen LogP contribution in [-0.2, 0) is 5.41 Å². The van der Waals surface area contributed by atoms with Gasteiger partial charge in [-0.2, -0.15) is 0 Å². The van der Waals surface area contributed by atoms with Gasteiger partial charge in [0.05, 0.1) is 7.11 Å². The van der Waals surface area contributed by atoms with Gasteiger partial charge < -0.3 is 15.4 Å². The van der Waals surface area contributed by atoms with Crippen molar-refractivity contribution in [1.82, 2.24) is 4.90 Å². The zero-order valence-electron chi connectivity index (χ0n) is 19.2. The summed E-state index contributed by atoms with van der Waals surface area (Å²) in [7, 11) is 1.71. The first kappa shape index (κ1) is 22.6. The van der Waals surface area contributed by atoms with Gasteiger partial charge in [0, 0.05) is 12.0 Å². The fourth-order valence-electron chi connectivity index (χ4n) is 5.28. The molecule has 3 aromatic rings. The fourth-order valence-corrected chi connectivity index (χ4v) is 5.28. The summed E-state index contributed by atoms with van der Waals surface area (Å²) in [5.41, 5.74) is 10.4. The monoisotopic (exact) mass is 428 g/mol. The van der Waals surface area contributed by atoms with Gasteiger partial charge in [-0.1, -0.05) is 72.8 Å². The summed E-state index contributed by atoms with van der Waals surface area (Å²) in [5, 5.41) is 0. The molecule has 1 atom stereocenters. The van der Waals surface area contributed by atoms with Crippen molar-refractivity contribution in [2.45, 2.75) is 37.0 Å². The summed E-state index contributed by atoms with van der Waals surface area (Å²) in [6.45, 7) is 4.10. The van der Waals surface area contributed by atoms with Crippen molar-refractivity contribution in [3.05, 3.63) is 102 Å². The lowest BCUT2D eigenvalue weighted by Gasteiger charge is -2.36. The predicted octanol–water partition coefficient (Wildman–Crippen LogP) is 5.60. The molecule has 1 aliphatic heterocycles. The van der Waals surface area contributed by atoms with E-state index in [9.17, 15) is 0 Å². The molecule has 1 aliphatic rings. The van der Waals surface area contributed by atoms with Crippen molar-refractivity contribution >= 4 is 0 Å². The lowest BCUT2D eigenvalue weighted by molar-refractivity contribution is 0.204. The molecular weight excluding hydrogens is 392 g/mol. The quantitative estimate of drug-likeness (QED) is 0.482. The van der Waals surface area contributed by atoms with Crippen LogP contribution in [0.4, 0.5) is 0 Å². The van der Waals surface area contributed by atoms with Crippen LogP contribution in [0.1, 0.15) is 48.3 Å². The normalized spacial score (nSPS) is 17.1. The standard InChI is InChI=1S/C29H36N2O/c1-32-28-15-13-27(14-16-28)29(23-30,26-11-6-3-7-12-26)19-8-20-31-21-17-25(18-22-31)24-9-4-2-5-10-24/h2-7,9-16,25H,8,17-23,30H2,1H3. The van der Waals surface area contributed by atoms with Crippen molar-refractivity contribution in [1.29, 1.82) is 0 Å². The van der Waals surface area contributed by atoms with Crippen LogP contribution in [0, 0.1) is 0 Å². The third-order valence-electron chi connectivity index (χ3n) is 7.25. The molecule has 0 spiro atoms. The Labute approximate surface area is 193 Å². The van der Waals surface area contributed by atoms with E-state index in [-0.39, 0.29) is 5.41 Å². The molecular formula is C29H36N2O. The molecule has 3 heteroatoms. The average molecular weight is 429 g/mol. The minimum Gasteiger partial charge on any atom is -0.497 e. The first-order chi connectivity index (χ1) is 15.7. The minimum atomic E-state index is -0.171. The van der Waals surface area contributed by atoms with E-state index in [4.69, 9.17) is 10.5 Å². The van der Waals surface area contributed by atoms with E-state index >= 15 is 0 Å². The van der Waals surface area contributed by atoms with E-state index in [0.717, 1.165) is 25.1 Å². The Morgan fingerprint density at radius 3 is 2.03 bits per heavy atom. The molecule has 0 radical (unpaired) electrons. The van der Waals surface area contributed by atoms with Gasteiger partial charge >= 0.3 is 0 Å². The number of ether oxygens (including phenoxy) is 1. The lowest BCUT2D eigenvalue weighted by Crippen LogP contribution is -2.38. The van der Waals surface area contributed by atoms with E-state index < -0.39 is 0 Å². The summed E-state index contributed by atoms with van der Waals surface area (Å²) in [6.07, 6.45) is 4.68. The largest absolute Gasteiger partial charge is 0.497 e. The van der Waals surface area contributed by atoms with Crippen molar-refractivity contribution in [2.75, 3.05) is 33.3 Å². The predicted molar refractivity (Wildman–Crippen MR) is 133 cm³/mol. The van der Waals surface area contributed by atoms with Gasteiger partial charge in [-0.3, -0.25) is 0 Å². The highest BCUT2D eigenvalue weighted by Gasteiger charge is 2.33. The number of hydrogen-bond donors (Lipinski definition) is 1. The van der Waals surface area contributed by atoms with Crippen molar-refractivity contribution in [3.8, 4) is 5.75 Å². The van der Waals surface area contributed by atoms with Crippen LogP contribution in [0.2, 0.25) is 0 Å². The van der Waals surface area contributed by atoms with Crippen molar-refractivity contribution < 1.29 is 4.74 Å². The van der Waals surface area contributed by atoms with Gasteiger partial charge in [0.25, 0.3) is 0 Å². The van der Waals surface area contributed by atoms with Crippen LogP contribution in [0.25, 0.3) is 0 Å². The maximum atomic E-state index is 6.50. The maximum Gasteiger partial charge on any atom is 0.118 e. The number of piperidine rings is 1. The number of benzene rings is 3. The summed E-state index contributed by atoms with van der Waals surface area (Å²) in [5.74, 6) is 1.59. The van der Waals surface area contributed by atoms with Gasteiger partial charge in [-0.05, 0) is 80.1 Å². The van der Waals surface area contributed by atoms with Crippen LogP contribution in [0.15, 0.2) is 84.9 Å². The van der Waals surface area contributed by atoms with E-state index in [1.54, 1.807) is 7.11 Å². The number of nitrogens with two attached hydrogens (primary N) is 1. The SMILES string of the molecule is COc1ccc(C(CN)(CCCN2CCC(c3ccccc3)CC2)c2ccccc2)cc1. The smallest absolute Gasteiger partial charge is 0.118 e. The van der Waals surface area contributed by atoms with Crippen LogP contribution < -0.4 is 10.5 Å². The number of nitrogens with zero attached hydrogens (tertiary/aromatic N) is 1. The molecule has 0 aromatic heterocycles. The second kappa shape index (κ2) is 10.8. The van der Waals surface area contributed by atoms with Crippen molar-refractivity contribution in [3.63, 3.8) is 0 Å². The molecule has 0 aliphatic carbocycles. The van der Waals surface area contributed by atoms with Crippen LogP contribution in [-0.4, -0.2) is 38.2 Å². The Hall–Kier alpha value is -2.62. The average Bonchev–Trinajstić information content (AvgIpc) is 2.88. The second-order valence-electron chi connectivity index (χ2n) is 9.01. The summed E-state index contributed by atoms with van der Waals surface area (Å²) in [6, 6.07) is 30.2. The summed E-state index contributed by atoms with van der Waals surface area (Å²) < 4.78 is 5.38. The summed E-state index contributed by atoms with van der Waals surface area (Å²) >= 11 is 0. The van der Waals surface area contributed by atoms with Gasteiger partial charge in [-0.15, -0.1) is 0 Å². The van der Waals surface area contributed by atoms with Crippen LogP contribution >= 0.6 is 0 Å². The molecule has 2 N–H and O–H groups in total. The molecule has 3 nitrogen and oxygen atoms in total. The Bertz CT molecular complexity index is 934. The molecule has 0 amide bonds. The van der Waals surface area contributed by atoms with Crippen LogP contribution in [0.5, 0.6) is 5.75 Å². The number of likely N-dealkylation sites (tertiary alicyclic amines) is 1. The van der Waals surface area contributed by atoms with Gasteiger partial charge in [0.2, 0.25) is 0 Å². The molecule has 1 fully saturated rings. The van der Waals surface area contributed by atoms with E-state index in [1.165, 1.54) is 42.6 Å². The number of rotatable bonds is 9. The van der Waals surface area contributed by atoms with E-state index in [0.29, 0.717) is 12.5 Å². The molecule has 1 saturated heterocycles. The molecule has 0 saturated carbocycles. The number of hydrogen-bond acceptors (Lipinski definition) is 3. The highest BCUT2D eigenvalue weighted by atomic mass is 16.5. The fraction of sp³-hybridized carbons (Fsp3) is 0.379. The minimum absolute atomic E-state index is 0.171. The first-order valence-electron chi connectivity index (χ1n) is 11.9. The highest BCUT2D eigenvalue weighted by Crippen LogP contribution is 2.37. The number of methoxy groups -OCH3 is 1. The molecule has 4 rings (SSSR count). The maximum absolute atomic E-state index is 6.50.